The highest BCUT2D eigenvalue weighted by Crippen LogP contribution is 2.16. The number of nitrogens with zero attached hydrogens (tertiary/aromatic N) is 1. The number of benzene rings is 1. The number of hydrogen-bond acceptors (Lipinski definition) is 5. The molecule has 1 fully saturated rings. The summed E-state index contributed by atoms with van der Waals surface area (Å²) in [6, 6.07) is 8.35. The average molecular weight is 354 g/mol. The van der Waals surface area contributed by atoms with E-state index >= 15 is 0 Å². The average Bonchev–Trinajstić information content (AvgIpc) is 3.15. The molecule has 0 saturated carbocycles. The smallest absolute Gasteiger partial charge is 0.255 e. The number of nitrogens with two attached hydrogens (primary N) is 1. The van der Waals surface area contributed by atoms with Gasteiger partial charge in [0.1, 0.15) is 5.82 Å². The molecule has 4 N–H and O–H groups in total. The number of rotatable bonds is 5. The zero-order chi connectivity index (χ0) is 18.5. The van der Waals surface area contributed by atoms with Gasteiger partial charge in [-0.25, -0.2) is 4.98 Å². The van der Waals surface area contributed by atoms with Gasteiger partial charge in [0.25, 0.3) is 11.8 Å². The normalized spacial score (nSPS) is 16.3. The molecular weight excluding hydrogens is 332 g/mol. The summed E-state index contributed by atoms with van der Waals surface area (Å²) < 4.78 is 5.50. The third kappa shape index (κ3) is 4.37. The lowest BCUT2D eigenvalue weighted by atomic mass is 10.0. The molecule has 2 amide bonds. The molecule has 2 heterocycles. The van der Waals surface area contributed by atoms with Crippen LogP contribution in [0.15, 0.2) is 36.5 Å². The SMILES string of the molecule is Cc1ccc(C(=O)NCC2CCCO2)cc1C(=O)Nc1ccc(N)nc1. The Balaban J connectivity index is 1.68. The molecule has 0 radical (unpaired) electrons. The molecule has 1 atom stereocenters. The van der Waals surface area contributed by atoms with E-state index in [4.69, 9.17) is 10.5 Å². The Bertz CT molecular complexity index is 799. The quantitative estimate of drug-likeness (QED) is 0.763. The fourth-order valence-corrected chi connectivity index (χ4v) is 2.80. The first-order chi connectivity index (χ1) is 12.5. The van der Waals surface area contributed by atoms with Crippen molar-refractivity contribution in [2.75, 3.05) is 24.2 Å². The maximum absolute atomic E-state index is 12.5. The Hall–Kier alpha value is -2.93. The van der Waals surface area contributed by atoms with Crippen LogP contribution in [-0.4, -0.2) is 36.1 Å². The molecule has 1 aromatic heterocycles. The highest BCUT2D eigenvalue weighted by atomic mass is 16.5. The fourth-order valence-electron chi connectivity index (χ4n) is 2.80. The predicted molar refractivity (Wildman–Crippen MR) is 99.1 cm³/mol. The molecule has 1 aliphatic rings. The second-order valence-electron chi connectivity index (χ2n) is 6.30. The highest BCUT2D eigenvalue weighted by molar-refractivity contribution is 6.07. The Kier molecular flexibility index (Phi) is 5.48. The van der Waals surface area contributed by atoms with Gasteiger partial charge < -0.3 is 21.1 Å². The lowest BCUT2D eigenvalue weighted by molar-refractivity contribution is 0.0858. The molecule has 26 heavy (non-hydrogen) atoms. The van der Waals surface area contributed by atoms with Crippen molar-refractivity contribution in [3.63, 3.8) is 0 Å². The van der Waals surface area contributed by atoms with Gasteiger partial charge in [0.05, 0.1) is 18.0 Å². The Morgan fingerprint density at radius 2 is 2.12 bits per heavy atom. The van der Waals surface area contributed by atoms with Crippen molar-refractivity contribution >= 4 is 23.3 Å². The zero-order valence-corrected chi connectivity index (χ0v) is 14.6. The summed E-state index contributed by atoms with van der Waals surface area (Å²) in [6.07, 6.45) is 3.54. The van der Waals surface area contributed by atoms with Crippen LogP contribution in [-0.2, 0) is 4.74 Å². The lowest BCUT2D eigenvalue weighted by Gasteiger charge is -2.12. The molecule has 1 aromatic carbocycles. The van der Waals surface area contributed by atoms with E-state index in [0.717, 1.165) is 25.0 Å². The first kappa shape index (κ1) is 17.9. The van der Waals surface area contributed by atoms with Gasteiger partial charge in [-0.15, -0.1) is 0 Å². The minimum absolute atomic E-state index is 0.0742. The molecule has 0 bridgehead atoms. The van der Waals surface area contributed by atoms with E-state index in [1.54, 1.807) is 30.3 Å². The van der Waals surface area contributed by atoms with Crippen LogP contribution in [0, 0.1) is 6.92 Å². The summed E-state index contributed by atoms with van der Waals surface area (Å²) in [5.74, 6) is -0.143. The largest absolute Gasteiger partial charge is 0.384 e. The van der Waals surface area contributed by atoms with Crippen molar-refractivity contribution in [2.45, 2.75) is 25.9 Å². The van der Waals surface area contributed by atoms with E-state index in [1.165, 1.54) is 6.20 Å². The maximum atomic E-state index is 12.5. The van der Waals surface area contributed by atoms with E-state index < -0.39 is 0 Å². The molecule has 0 aliphatic carbocycles. The van der Waals surface area contributed by atoms with Crippen LogP contribution in [0.3, 0.4) is 0 Å². The number of carbonyl (C=O) groups excluding carboxylic acids is 2. The Labute approximate surface area is 151 Å². The minimum Gasteiger partial charge on any atom is -0.384 e. The van der Waals surface area contributed by atoms with E-state index in [9.17, 15) is 9.59 Å². The molecule has 136 valence electrons. The van der Waals surface area contributed by atoms with Gasteiger partial charge in [-0.3, -0.25) is 9.59 Å². The molecule has 1 aliphatic heterocycles. The number of nitrogen functional groups attached to an aromatic ring is 1. The van der Waals surface area contributed by atoms with Crippen LogP contribution in [0.1, 0.15) is 39.1 Å². The third-order valence-corrected chi connectivity index (χ3v) is 4.30. The number of amides is 2. The minimum atomic E-state index is -0.303. The molecule has 2 aromatic rings. The van der Waals surface area contributed by atoms with Crippen molar-refractivity contribution in [3.8, 4) is 0 Å². The van der Waals surface area contributed by atoms with E-state index in [2.05, 4.69) is 15.6 Å². The van der Waals surface area contributed by atoms with Crippen LogP contribution in [0.25, 0.3) is 0 Å². The van der Waals surface area contributed by atoms with Gasteiger partial charge in [0.2, 0.25) is 0 Å². The summed E-state index contributed by atoms with van der Waals surface area (Å²) in [5.41, 5.74) is 7.74. The number of carbonyl (C=O) groups is 2. The van der Waals surface area contributed by atoms with Crippen LogP contribution in [0.5, 0.6) is 0 Å². The summed E-state index contributed by atoms with van der Waals surface area (Å²) in [4.78, 5) is 28.8. The van der Waals surface area contributed by atoms with E-state index in [-0.39, 0.29) is 17.9 Å². The lowest BCUT2D eigenvalue weighted by Crippen LogP contribution is -2.32. The van der Waals surface area contributed by atoms with Crippen LogP contribution in [0.4, 0.5) is 11.5 Å². The number of anilines is 2. The van der Waals surface area contributed by atoms with Crippen molar-refractivity contribution < 1.29 is 14.3 Å². The van der Waals surface area contributed by atoms with Gasteiger partial charge in [-0.1, -0.05) is 6.07 Å². The Morgan fingerprint density at radius 3 is 2.81 bits per heavy atom. The maximum Gasteiger partial charge on any atom is 0.255 e. The van der Waals surface area contributed by atoms with Crippen LogP contribution >= 0.6 is 0 Å². The summed E-state index contributed by atoms with van der Waals surface area (Å²) >= 11 is 0. The summed E-state index contributed by atoms with van der Waals surface area (Å²) in [6.45, 7) is 3.05. The number of aromatic nitrogens is 1. The van der Waals surface area contributed by atoms with Crippen molar-refractivity contribution in [2.24, 2.45) is 0 Å². The first-order valence-corrected chi connectivity index (χ1v) is 8.56. The molecular formula is C19H22N4O3. The van der Waals surface area contributed by atoms with E-state index in [1.807, 2.05) is 6.92 Å². The van der Waals surface area contributed by atoms with Crippen molar-refractivity contribution in [3.05, 3.63) is 53.2 Å². The van der Waals surface area contributed by atoms with Crippen molar-refractivity contribution in [1.29, 1.82) is 0 Å². The molecule has 7 heteroatoms. The first-order valence-electron chi connectivity index (χ1n) is 8.56. The second-order valence-corrected chi connectivity index (χ2v) is 6.30. The monoisotopic (exact) mass is 354 g/mol. The van der Waals surface area contributed by atoms with Gasteiger partial charge in [-0.05, 0) is 49.6 Å². The number of nitrogens with one attached hydrogen (secondary N) is 2. The summed E-state index contributed by atoms with van der Waals surface area (Å²) in [5, 5.41) is 5.62. The zero-order valence-electron chi connectivity index (χ0n) is 14.6. The molecule has 3 rings (SSSR count). The topological polar surface area (TPSA) is 106 Å². The number of ether oxygens (including phenoxy) is 1. The van der Waals surface area contributed by atoms with Gasteiger partial charge in [0, 0.05) is 24.3 Å². The molecule has 7 nitrogen and oxygen atoms in total. The highest BCUT2D eigenvalue weighted by Gasteiger charge is 2.18. The molecule has 1 unspecified atom stereocenters. The van der Waals surface area contributed by atoms with Gasteiger partial charge in [0.15, 0.2) is 0 Å². The standard InChI is InChI=1S/C19H22N4O3/c1-12-4-5-13(18(24)22-11-15-3-2-8-26-15)9-16(12)19(25)23-14-6-7-17(20)21-10-14/h4-7,9-10,15H,2-3,8,11H2,1H3,(H2,20,21)(H,22,24)(H,23,25). The number of pyridine rings is 1. The Morgan fingerprint density at radius 1 is 1.27 bits per heavy atom. The van der Waals surface area contributed by atoms with Gasteiger partial charge >= 0.3 is 0 Å². The van der Waals surface area contributed by atoms with E-state index in [0.29, 0.717) is 29.2 Å². The number of hydrogen-bond donors (Lipinski definition) is 3. The fraction of sp³-hybridized carbons (Fsp3) is 0.316. The summed E-state index contributed by atoms with van der Waals surface area (Å²) in [7, 11) is 0. The molecule has 1 saturated heterocycles. The van der Waals surface area contributed by atoms with Crippen molar-refractivity contribution in [1.82, 2.24) is 10.3 Å². The predicted octanol–water partition coefficient (Wildman–Crippen LogP) is 2.13. The molecule has 0 spiro atoms. The van der Waals surface area contributed by atoms with Crippen LogP contribution < -0.4 is 16.4 Å². The second kappa shape index (κ2) is 7.97. The third-order valence-electron chi connectivity index (χ3n) is 4.30. The number of aryl methyl sites for hydroxylation is 1. The van der Waals surface area contributed by atoms with Crippen LogP contribution in [0.2, 0.25) is 0 Å². The van der Waals surface area contributed by atoms with Gasteiger partial charge in [-0.2, -0.15) is 0 Å².